The predicted molar refractivity (Wildman–Crippen MR) is 105 cm³/mol. The molecule has 0 spiro atoms. The number of carbonyl (C=O) groups excluding carboxylic acids is 1. The van der Waals surface area contributed by atoms with Gasteiger partial charge < -0.3 is 9.47 Å². The number of rotatable bonds is 3. The zero-order valence-corrected chi connectivity index (χ0v) is 16.2. The summed E-state index contributed by atoms with van der Waals surface area (Å²) in [6, 6.07) is 7.30. The van der Waals surface area contributed by atoms with Gasteiger partial charge in [0.15, 0.2) is 5.70 Å². The first-order valence-corrected chi connectivity index (χ1v) is 9.20. The maximum Gasteiger partial charge on any atom is 0.363 e. The van der Waals surface area contributed by atoms with Crippen molar-refractivity contribution < 1.29 is 14.3 Å². The van der Waals surface area contributed by atoms with Gasteiger partial charge in [-0.25, -0.2) is 19.8 Å². The molecule has 27 heavy (non-hydrogen) atoms. The summed E-state index contributed by atoms with van der Waals surface area (Å²) in [4.78, 5) is 27.5. The number of esters is 1. The smallest absolute Gasteiger partial charge is 0.363 e. The minimum atomic E-state index is -0.480. The van der Waals surface area contributed by atoms with E-state index < -0.39 is 5.97 Å². The number of benzene rings is 1. The number of cyclic esters (lactones) is 1. The van der Waals surface area contributed by atoms with Gasteiger partial charge in [0.1, 0.15) is 16.4 Å². The first kappa shape index (κ1) is 17.4. The quantitative estimate of drug-likeness (QED) is 0.508. The van der Waals surface area contributed by atoms with E-state index in [4.69, 9.17) is 9.47 Å². The summed E-state index contributed by atoms with van der Waals surface area (Å²) in [5.74, 6) is 1.10. The van der Waals surface area contributed by atoms with E-state index in [1.165, 1.54) is 11.3 Å². The lowest BCUT2D eigenvalue weighted by Gasteiger charge is -2.05. The lowest BCUT2D eigenvalue weighted by Crippen LogP contribution is -2.06. The molecule has 0 unspecified atom stereocenters. The topological polar surface area (TPSA) is 73.7 Å². The molecule has 1 aliphatic heterocycles. The Hall–Kier alpha value is -3.06. The number of nitrogens with zero attached hydrogens (tertiary/aromatic N) is 3. The summed E-state index contributed by atoms with van der Waals surface area (Å²) < 4.78 is 10.7. The Labute approximate surface area is 160 Å². The highest BCUT2D eigenvalue weighted by molar-refractivity contribution is 7.19. The van der Waals surface area contributed by atoms with E-state index in [9.17, 15) is 4.79 Å². The van der Waals surface area contributed by atoms with Crippen LogP contribution in [0.3, 0.4) is 0 Å². The average Bonchev–Trinajstić information content (AvgIpc) is 3.15. The number of thiophene rings is 1. The van der Waals surface area contributed by atoms with Gasteiger partial charge in [-0.1, -0.05) is 12.1 Å². The number of aromatic nitrogens is 2. The van der Waals surface area contributed by atoms with Crippen LogP contribution in [0.2, 0.25) is 0 Å². The Morgan fingerprint density at radius 3 is 2.70 bits per heavy atom. The second-order valence-electron chi connectivity index (χ2n) is 6.16. The highest BCUT2D eigenvalue weighted by Crippen LogP contribution is 2.34. The molecule has 136 valence electrons. The second kappa shape index (κ2) is 6.59. The molecule has 3 aromatic rings. The summed E-state index contributed by atoms with van der Waals surface area (Å²) >= 11 is 1.52. The van der Waals surface area contributed by atoms with Gasteiger partial charge in [-0.2, -0.15) is 0 Å². The highest BCUT2D eigenvalue weighted by atomic mass is 32.1. The van der Waals surface area contributed by atoms with E-state index in [0.717, 1.165) is 32.2 Å². The summed E-state index contributed by atoms with van der Waals surface area (Å²) in [6.07, 6.45) is 1.75. The molecule has 0 bridgehead atoms. The molecule has 1 aliphatic rings. The van der Waals surface area contributed by atoms with Crippen molar-refractivity contribution >= 4 is 39.5 Å². The number of aliphatic imine (C=N–C) groups is 1. The van der Waals surface area contributed by atoms with Crippen LogP contribution < -0.4 is 4.74 Å². The van der Waals surface area contributed by atoms with Crippen molar-refractivity contribution in [2.75, 3.05) is 7.11 Å². The van der Waals surface area contributed by atoms with Gasteiger partial charge in [-0.05, 0) is 44.5 Å². The largest absolute Gasteiger partial charge is 0.496 e. The van der Waals surface area contributed by atoms with Crippen molar-refractivity contribution in [3.63, 3.8) is 0 Å². The van der Waals surface area contributed by atoms with E-state index in [1.54, 1.807) is 25.3 Å². The predicted octanol–water partition coefficient (Wildman–Crippen LogP) is 3.97. The molecule has 0 atom stereocenters. The Kier molecular flexibility index (Phi) is 4.24. The van der Waals surface area contributed by atoms with Crippen LogP contribution in [0.1, 0.15) is 27.5 Å². The molecule has 1 aromatic carbocycles. The van der Waals surface area contributed by atoms with Gasteiger partial charge in [-0.15, -0.1) is 11.3 Å². The first-order valence-electron chi connectivity index (χ1n) is 8.38. The molecule has 2 aromatic heterocycles. The Morgan fingerprint density at radius 2 is 1.93 bits per heavy atom. The van der Waals surface area contributed by atoms with Crippen LogP contribution in [0, 0.1) is 20.8 Å². The van der Waals surface area contributed by atoms with Crippen LogP contribution >= 0.6 is 11.3 Å². The third kappa shape index (κ3) is 3.00. The van der Waals surface area contributed by atoms with Gasteiger partial charge >= 0.3 is 5.97 Å². The zero-order chi connectivity index (χ0) is 19.1. The third-order valence-corrected chi connectivity index (χ3v) is 5.48. The molecular formula is C20H17N3O3S. The van der Waals surface area contributed by atoms with E-state index in [-0.39, 0.29) is 11.6 Å². The number of ether oxygens (including phenoxy) is 2. The minimum absolute atomic E-state index is 0.245. The van der Waals surface area contributed by atoms with Gasteiger partial charge in [0.25, 0.3) is 0 Å². The molecule has 0 saturated carbocycles. The molecule has 3 heterocycles. The number of carbonyl (C=O) groups is 1. The Morgan fingerprint density at radius 1 is 1.15 bits per heavy atom. The fourth-order valence-corrected chi connectivity index (χ4v) is 4.31. The molecule has 0 saturated heterocycles. The molecule has 0 amide bonds. The van der Waals surface area contributed by atoms with Crippen LogP contribution in [0.25, 0.3) is 16.3 Å². The number of aryl methyl sites for hydroxylation is 3. The van der Waals surface area contributed by atoms with Crippen LogP contribution in [-0.4, -0.2) is 28.9 Å². The van der Waals surface area contributed by atoms with Crippen molar-refractivity contribution in [3.8, 4) is 5.75 Å². The van der Waals surface area contributed by atoms with E-state index in [0.29, 0.717) is 11.3 Å². The second-order valence-corrected chi connectivity index (χ2v) is 7.19. The number of para-hydroxylation sites is 1. The minimum Gasteiger partial charge on any atom is -0.496 e. The number of hydrogen-bond donors (Lipinski definition) is 0. The third-order valence-electron chi connectivity index (χ3n) is 4.35. The fourth-order valence-electron chi connectivity index (χ4n) is 3.10. The summed E-state index contributed by atoms with van der Waals surface area (Å²) in [6.45, 7) is 5.84. The maximum absolute atomic E-state index is 12.3. The SMILES string of the molecule is COc1ccccc1C1=N/C(=C\c2sc3nc(C)nc(C)c3c2C)C(=O)O1. The van der Waals surface area contributed by atoms with Crippen LogP contribution in [0.5, 0.6) is 5.75 Å². The normalized spacial score (nSPS) is 15.3. The molecule has 0 N–H and O–H groups in total. The van der Waals surface area contributed by atoms with Gasteiger partial charge in [-0.3, -0.25) is 0 Å². The number of fused-ring (bicyclic) bond motifs is 1. The first-order chi connectivity index (χ1) is 13.0. The lowest BCUT2D eigenvalue weighted by molar-refractivity contribution is -0.129. The summed E-state index contributed by atoms with van der Waals surface area (Å²) in [5.41, 5.74) is 2.87. The molecular weight excluding hydrogens is 362 g/mol. The van der Waals surface area contributed by atoms with E-state index >= 15 is 0 Å². The van der Waals surface area contributed by atoms with Crippen molar-refractivity contribution in [1.29, 1.82) is 0 Å². The van der Waals surface area contributed by atoms with Gasteiger partial charge in [0.2, 0.25) is 5.90 Å². The van der Waals surface area contributed by atoms with Crippen LogP contribution in [-0.2, 0) is 9.53 Å². The Balaban J connectivity index is 1.79. The molecule has 4 rings (SSSR count). The number of hydrogen-bond acceptors (Lipinski definition) is 7. The van der Waals surface area contributed by atoms with Crippen LogP contribution in [0.15, 0.2) is 35.0 Å². The van der Waals surface area contributed by atoms with Crippen molar-refractivity contribution in [1.82, 2.24) is 9.97 Å². The molecule has 0 radical (unpaired) electrons. The molecule has 6 nitrogen and oxygen atoms in total. The fraction of sp³-hybridized carbons (Fsp3) is 0.200. The molecule has 7 heteroatoms. The van der Waals surface area contributed by atoms with E-state index in [1.807, 2.05) is 32.9 Å². The zero-order valence-electron chi connectivity index (χ0n) is 15.4. The lowest BCUT2D eigenvalue weighted by atomic mass is 10.1. The highest BCUT2D eigenvalue weighted by Gasteiger charge is 2.27. The van der Waals surface area contributed by atoms with Gasteiger partial charge in [0, 0.05) is 16.0 Å². The van der Waals surface area contributed by atoms with Gasteiger partial charge in [0.05, 0.1) is 12.7 Å². The Bertz CT molecular complexity index is 1140. The van der Waals surface area contributed by atoms with Crippen LogP contribution in [0.4, 0.5) is 0 Å². The molecule has 0 fully saturated rings. The van der Waals surface area contributed by atoms with E-state index in [2.05, 4.69) is 15.0 Å². The average molecular weight is 379 g/mol. The number of methoxy groups -OCH3 is 1. The summed E-state index contributed by atoms with van der Waals surface area (Å²) in [7, 11) is 1.57. The van der Waals surface area contributed by atoms with Crippen molar-refractivity contribution in [3.05, 3.63) is 57.5 Å². The summed E-state index contributed by atoms with van der Waals surface area (Å²) in [5, 5.41) is 1.03. The monoisotopic (exact) mass is 379 g/mol. The molecule has 0 aliphatic carbocycles. The maximum atomic E-state index is 12.3. The van der Waals surface area contributed by atoms with Crippen molar-refractivity contribution in [2.45, 2.75) is 20.8 Å². The van der Waals surface area contributed by atoms with Crippen molar-refractivity contribution in [2.24, 2.45) is 4.99 Å². The standard InChI is InChI=1S/C20H17N3O3S/c1-10-16(27-19-17(10)11(2)21-12(3)22-19)9-14-20(24)26-18(23-14)13-7-5-6-8-15(13)25-4/h5-9H,1-4H3/b14-9-.